The van der Waals surface area contributed by atoms with Crippen molar-refractivity contribution in [2.75, 3.05) is 18.4 Å². The molecule has 0 aliphatic carbocycles. The van der Waals surface area contributed by atoms with Gasteiger partial charge in [0.25, 0.3) is 0 Å². The molecule has 1 aromatic carbocycles. The average Bonchev–Trinajstić information content (AvgIpc) is 3.16. The number of rotatable bonds is 2. The molecule has 29 heavy (non-hydrogen) atoms. The first-order chi connectivity index (χ1) is 13.8. The number of hydrogen-bond acceptors (Lipinski definition) is 6. The second-order valence-electron chi connectivity index (χ2n) is 8.39. The number of thiazole rings is 1. The SMILES string of the molecule is CC(C)(C)OC(=O)N1CCC(c2csc(-c3ccc4c(c3)COC(=O)N4)n2)CC1. The lowest BCUT2D eigenvalue weighted by Gasteiger charge is -2.32. The molecule has 3 heterocycles. The minimum absolute atomic E-state index is 0.238. The van der Waals surface area contributed by atoms with Gasteiger partial charge in [0.1, 0.15) is 17.2 Å². The number of amides is 2. The Morgan fingerprint density at radius 3 is 2.79 bits per heavy atom. The molecule has 0 saturated carbocycles. The second-order valence-corrected chi connectivity index (χ2v) is 9.25. The number of hydrogen-bond donors (Lipinski definition) is 1. The van der Waals surface area contributed by atoms with Crippen LogP contribution in [0.1, 0.15) is 50.8 Å². The number of carbonyl (C=O) groups is 2. The van der Waals surface area contributed by atoms with Gasteiger partial charge in [0, 0.05) is 35.5 Å². The number of fused-ring (bicyclic) bond motifs is 1. The summed E-state index contributed by atoms with van der Waals surface area (Å²) in [6.07, 6.45) is 1.11. The Morgan fingerprint density at radius 1 is 1.31 bits per heavy atom. The maximum absolute atomic E-state index is 12.2. The molecule has 0 spiro atoms. The van der Waals surface area contributed by atoms with Gasteiger partial charge < -0.3 is 14.4 Å². The molecule has 0 unspecified atom stereocenters. The number of nitrogens with zero attached hydrogens (tertiary/aromatic N) is 2. The standard InChI is InChI=1S/C21H25N3O4S/c1-21(2,3)28-20(26)24-8-6-13(7-9-24)17-12-29-18(22-17)14-4-5-16-15(10-14)11-27-19(25)23-16/h4-5,10,12-13H,6-9,11H2,1-3H3,(H,23,25). The van der Waals surface area contributed by atoms with Crippen LogP contribution in [0.2, 0.25) is 0 Å². The highest BCUT2D eigenvalue weighted by Crippen LogP contribution is 2.34. The van der Waals surface area contributed by atoms with E-state index in [1.54, 1.807) is 16.2 Å². The lowest BCUT2D eigenvalue weighted by molar-refractivity contribution is 0.0204. The number of nitrogens with one attached hydrogen (secondary N) is 1. The van der Waals surface area contributed by atoms with Crippen molar-refractivity contribution in [1.82, 2.24) is 9.88 Å². The molecule has 0 radical (unpaired) electrons. The van der Waals surface area contributed by atoms with E-state index in [1.165, 1.54) is 0 Å². The van der Waals surface area contributed by atoms with Crippen molar-refractivity contribution in [2.24, 2.45) is 0 Å². The highest BCUT2D eigenvalue weighted by molar-refractivity contribution is 7.13. The predicted molar refractivity (Wildman–Crippen MR) is 111 cm³/mol. The second kappa shape index (κ2) is 7.67. The van der Waals surface area contributed by atoms with Crippen molar-refractivity contribution in [3.8, 4) is 10.6 Å². The number of piperidine rings is 1. The summed E-state index contributed by atoms with van der Waals surface area (Å²) >= 11 is 1.62. The zero-order valence-electron chi connectivity index (χ0n) is 16.9. The van der Waals surface area contributed by atoms with E-state index in [0.29, 0.717) is 19.0 Å². The zero-order valence-corrected chi connectivity index (χ0v) is 17.7. The highest BCUT2D eigenvalue weighted by Gasteiger charge is 2.28. The third-order valence-electron chi connectivity index (χ3n) is 5.03. The molecule has 7 nitrogen and oxygen atoms in total. The number of aromatic nitrogens is 1. The lowest BCUT2D eigenvalue weighted by atomic mass is 9.94. The van der Waals surface area contributed by atoms with E-state index in [-0.39, 0.29) is 12.7 Å². The Labute approximate surface area is 174 Å². The van der Waals surface area contributed by atoms with Gasteiger partial charge in [-0.3, -0.25) is 5.32 Å². The van der Waals surface area contributed by atoms with Gasteiger partial charge in [-0.15, -0.1) is 11.3 Å². The van der Waals surface area contributed by atoms with Gasteiger partial charge in [-0.1, -0.05) is 0 Å². The fourth-order valence-corrected chi connectivity index (χ4v) is 4.45. The molecule has 2 aromatic rings. The first kappa shape index (κ1) is 19.7. The Bertz CT molecular complexity index is 926. The molecule has 2 aliphatic rings. The van der Waals surface area contributed by atoms with Crippen LogP contribution in [0.3, 0.4) is 0 Å². The minimum atomic E-state index is -0.472. The number of carbonyl (C=O) groups excluding carboxylic acids is 2. The largest absolute Gasteiger partial charge is 0.444 e. The molecular weight excluding hydrogens is 390 g/mol. The minimum Gasteiger partial charge on any atom is -0.444 e. The lowest BCUT2D eigenvalue weighted by Crippen LogP contribution is -2.41. The molecule has 1 saturated heterocycles. The summed E-state index contributed by atoms with van der Waals surface area (Å²) in [5.74, 6) is 0.346. The number of likely N-dealkylation sites (tertiary alicyclic amines) is 1. The average molecular weight is 416 g/mol. The molecule has 154 valence electrons. The number of ether oxygens (including phenoxy) is 2. The number of anilines is 1. The van der Waals surface area contributed by atoms with Gasteiger partial charge in [-0.2, -0.15) is 0 Å². The van der Waals surface area contributed by atoms with Crippen LogP contribution in [0.4, 0.5) is 15.3 Å². The van der Waals surface area contributed by atoms with Crippen LogP contribution in [0.5, 0.6) is 0 Å². The van der Waals surface area contributed by atoms with Crippen molar-refractivity contribution in [1.29, 1.82) is 0 Å². The molecule has 0 atom stereocenters. The molecule has 1 aromatic heterocycles. The normalized spacial score (nSPS) is 17.3. The van der Waals surface area contributed by atoms with E-state index >= 15 is 0 Å². The van der Waals surface area contributed by atoms with Crippen LogP contribution in [0.15, 0.2) is 23.6 Å². The zero-order chi connectivity index (χ0) is 20.6. The van der Waals surface area contributed by atoms with Crippen LogP contribution >= 0.6 is 11.3 Å². The Balaban J connectivity index is 1.40. The van der Waals surface area contributed by atoms with Crippen molar-refractivity contribution in [3.05, 3.63) is 34.8 Å². The van der Waals surface area contributed by atoms with Crippen molar-refractivity contribution in [3.63, 3.8) is 0 Å². The molecular formula is C21H25N3O4S. The van der Waals surface area contributed by atoms with E-state index < -0.39 is 11.7 Å². The summed E-state index contributed by atoms with van der Waals surface area (Å²) in [6, 6.07) is 5.88. The van der Waals surface area contributed by atoms with E-state index in [1.807, 2.05) is 39.0 Å². The van der Waals surface area contributed by atoms with Crippen LogP contribution in [-0.4, -0.2) is 40.8 Å². The number of cyclic esters (lactones) is 1. The first-order valence-corrected chi connectivity index (χ1v) is 10.7. The molecule has 0 bridgehead atoms. The van der Waals surface area contributed by atoms with E-state index in [9.17, 15) is 9.59 Å². The summed E-state index contributed by atoms with van der Waals surface area (Å²) in [4.78, 5) is 30.2. The number of benzene rings is 1. The summed E-state index contributed by atoms with van der Waals surface area (Å²) in [5, 5.41) is 5.77. The van der Waals surface area contributed by atoms with Gasteiger partial charge >= 0.3 is 12.2 Å². The molecule has 8 heteroatoms. The summed E-state index contributed by atoms with van der Waals surface area (Å²) in [7, 11) is 0. The van der Waals surface area contributed by atoms with Crippen LogP contribution in [0.25, 0.3) is 10.6 Å². The maximum Gasteiger partial charge on any atom is 0.411 e. The Hall–Kier alpha value is -2.61. The van der Waals surface area contributed by atoms with Crippen LogP contribution < -0.4 is 5.32 Å². The Kier molecular flexibility index (Phi) is 5.21. The monoisotopic (exact) mass is 415 g/mol. The van der Waals surface area contributed by atoms with Gasteiger partial charge in [0.15, 0.2) is 0 Å². The fraction of sp³-hybridized carbons (Fsp3) is 0.476. The summed E-state index contributed by atoms with van der Waals surface area (Å²) in [5.41, 5.74) is 3.36. The molecule has 4 rings (SSSR count). The summed E-state index contributed by atoms with van der Waals surface area (Å²) < 4.78 is 10.5. The van der Waals surface area contributed by atoms with E-state index in [4.69, 9.17) is 14.5 Å². The van der Waals surface area contributed by atoms with Gasteiger partial charge in [-0.25, -0.2) is 14.6 Å². The molecule has 1 fully saturated rings. The Morgan fingerprint density at radius 2 is 2.07 bits per heavy atom. The third kappa shape index (κ3) is 4.53. The predicted octanol–water partition coefficient (Wildman–Crippen LogP) is 4.99. The quantitative estimate of drug-likeness (QED) is 0.748. The van der Waals surface area contributed by atoms with E-state index in [0.717, 1.165) is 40.4 Å². The third-order valence-corrected chi connectivity index (χ3v) is 5.94. The summed E-state index contributed by atoms with van der Waals surface area (Å²) in [6.45, 7) is 7.29. The van der Waals surface area contributed by atoms with Crippen LogP contribution in [0, 0.1) is 0 Å². The van der Waals surface area contributed by atoms with Gasteiger partial charge in [0.05, 0.1) is 11.4 Å². The smallest absolute Gasteiger partial charge is 0.411 e. The molecule has 2 amide bonds. The first-order valence-electron chi connectivity index (χ1n) is 9.79. The fourth-order valence-electron chi connectivity index (χ4n) is 3.55. The van der Waals surface area contributed by atoms with Crippen molar-refractivity contribution in [2.45, 2.75) is 51.7 Å². The molecule has 2 aliphatic heterocycles. The van der Waals surface area contributed by atoms with Crippen molar-refractivity contribution < 1.29 is 19.1 Å². The van der Waals surface area contributed by atoms with Crippen molar-refractivity contribution >= 4 is 29.2 Å². The highest BCUT2D eigenvalue weighted by atomic mass is 32.1. The van der Waals surface area contributed by atoms with Gasteiger partial charge in [-0.05, 0) is 51.8 Å². The van der Waals surface area contributed by atoms with Crippen LogP contribution in [-0.2, 0) is 16.1 Å². The molecule has 1 N–H and O–H groups in total. The van der Waals surface area contributed by atoms with Gasteiger partial charge in [0.2, 0.25) is 0 Å². The van der Waals surface area contributed by atoms with E-state index in [2.05, 4.69) is 10.7 Å². The maximum atomic E-state index is 12.2. The topological polar surface area (TPSA) is 80.8 Å².